The third-order valence-corrected chi connectivity index (χ3v) is 7.42. The van der Waals surface area contributed by atoms with Crippen LogP contribution in [0.4, 0.5) is 17.1 Å². The summed E-state index contributed by atoms with van der Waals surface area (Å²) in [5, 5.41) is 23.1. The number of aryl methyl sites for hydroxylation is 1. The number of aromatic nitrogens is 4. The van der Waals surface area contributed by atoms with E-state index >= 15 is 0 Å². The molecule has 0 saturated heterocycles. The number of rotatable bonds is 10. The summed E-state index contributed by atoms with van der Waals surface area (Å²) in [7, 11) is 0. The molecule has 1 atom stereocenters. The van der Waals surface area contributed by atoms with Crippen molar-refractivity contribution in [2.75, 3.05) is 23.8 Å². The summed E-state index contributed by atoms with van der Waals surface area (Å²) in [5.41, 5.74) is -0.899. The van der Waals surface area contributed by atoms with E-state index in [0.717, 1.165) is 15.1 Å². The fourth-order valence-electron chi connectivity index (χ4n) is 4.87. The number of carbonyl (C=O) groups is 1. The van der Waals surface area contributed by atoms with Crippen LogP contribution in [-0.2, 0) is 19.6 Å². The molecular formula is C27H30ClN7O6. The van der Waals surface area contributed by atoms with Crippen molar-refractivity contribution in [3.63, 3.8) is 0 Å². The van der Waals surface area contributed by atoms with Gasteiger partial charge in [0.1, 0.15) is 22.9 Å². The van der Waals surface area contributed by atoms with Gasteiger partial charge >= 0.3 is 5.69 Å². The topological polar surface area (TPSA) is 165 Å². The normalized spacial score (nSPS) is 14.1. The molecule has 0 saturated carbocycles. The van der Waals surface area contributed by atoms with E-state index in [1.807, 2.05) is 39.8 Å². The van der Waals surface area contributed by atoms with E-state index in [9.17, 15) is 19.2 Å². The number of hydrogen-bond acceptors (Lipinski definition) is 10. The van der Waals surface area contributed by atoms with Gasteiger partial charge in [-0.05, 0) is 47.0 Å². The molecule has 0 radical (unpaired) electrons. The van der Waals surface area contributed by atoms with Gasteiger partial charge in [0.15, 0.2) is 0 Å². The van der Waals surface area contributed by atoms with Crippen LogP contribution in [-0.4, -0.2) is 48.9 Å². The lowest BCUT2D eigenvalue weighted by molar-refractivity contribution is 0.0771. The summed E-state index contributed by atoms with van der Waals surface area (Å²) < 4.78 is 7.97. The predicted octanol–water partition coefficient (Wildman–Crippen LogP) is 2.18. The fraction of sp³-hybridized carbons (Fsp3) is 0.407. The van der Waals surface area contributed by atoms with E-state index in [4.69, 9.17) is 21.1 Å². The molecule has 216 valence electrons. The third-order valence-electron chi connectivity index (χ3n) is 7.07. The molecule has 0 fully saturated rings. The standard InChI is InChI=1S/C27H30ClN7O6/c1-14-5-8-18(41-14)24(27(2,3)4)30-21-20(22(37)23(21)38)29-17-7-6-16(28)15-13-33(25(39)19(15)17)9-10-34-26(40)35(11-12-36)32-31-34/h5-8,24,29-30,36H,9-13H2,1-4H3. The van der Waals surface area contributed by atoms with Crippen LogP contribution in [0.25, 0.3) is 0 Å². The van der Waals surface area contributed by atoms with Crippen molar-refractivity contribution in [2.45, 2.75) is 53.4 Å². The lowest BCUT2D eigenvalue weighted by Gasteiger charge is -2.31. The number of nitrogens with zero attached hydrogens (tertiary/aromatic N) is 5. The minimum absolute atomic E-state index is 0.0170. The molecule has 1 amide bonds. The highest BCUT2D eigenvalue weighted by molar-refractivity contribution is 6.32. The number of furan rings is 1. The second kappa shape index (κ2) is 10.6. The molecule has 1 aliphatic heterocycles. The highest BCUT2D eigenvalue weighted by Crippen LogP contribution is 2.39. The molecule has 1 aliphatic rings. The van der Waals surface area contributed by atoms with Crippen molar-refractivity contribution in [2.24, 2.45) is 5.41 Å². The van der Waals surface area contributed by atoms with Gasteiger partial charge in [-0.1, -0.05) is 32.4 Å². The molecule has 2 aromatic carbocycles. The number of tetrazole rings is 1. The van der Waals surface area contributed by atoms with Crippen LogP contribution in [0, 0.1) is 12.3 Å². The first-order chi connectivity index (χ1) is 19.4. The van der Waals surface area contributed by atoms with Gasteiger partial charge in [0.05, 0.1) is 37.0 Å². The van der Waals surface area contributed by atoms with Crippen molar-refractivity contribution < 1.29 is 14.3 Å². The van der Waals surface area contributed by atoms with Gasteiger partial charge < -0.3 is 25.1 Å². The van der Waals surface area contributed by atoms with Crippen LogP contribution in [0.3, 0.4) is 0 Å². The second-order valence-electron chi connectivity index (χ2n) is 11.0. The van der Waals surface area contributed by atoms with Crippen LogP contribution in [0.15, 0.2) is 43.1 Å². The SMILES string of the molecule is Cc1ccc(C(Nc2c(Nc3ccc(Cl)c4c3C(=O)N(CCn3nnn(CCO)c3=O)C4)c(=O)c2=O)C(C)(C)C)o1. The first-order valence-corrected chi connectivity index (χ1v) is 13.4. The number of fused-ring (bicyclic) bond motifs is 1. The summed E-state index contributed by atoms with van der Waals surface area (Å²) in [5.74, 6) is 0.995. The molecule has 14 heteroatoms. The Kier molecular flexibility index (Phi) is 7.34. The highest BCUT2D eigenvalue weighted by atomic mass is 35.5. The number of hydrogen-bond donors (Lipinski definition) is 3. The molecule has 1 unspecified atom stereocenters. The molecule has 0 aliphatic carbocycles. The van der Waals surface area contributed by atoms with Crippen LogP contribution in [0.1, 0.15) is 54.3 Å². The lowest BCUT2D eigenvalue weighted by Crippen LogP contribution is -2.39. The molecule has 3 N–H and O–H groups in total. The first kappa shape index (κ1) is 28.3. The maximum atomic E-state index is 13.5. The summed E-state index contributed by atoms with van der Waals surface area (Å²) in [6, 6.07) is 6.46. The smallest absolute Gasteiger partial charge is 0.363 e. The minimum atomic E-state index is -0.702. The zero-order valence-corrected chi connectivity index (χ0v) is 23.8. The van der Waals surface area contributed by atoms with Crippen molar-refractivity contribution in [3.05, 3.63) is 82.9 Å². The predicted molar refractivity (Wildman–Crippen MR) is 151 cm³/mol. The first-order valence-electron chi connectivity index (χ1n) is 13.1. The number of halogens is 1. The Hall–Kier alpha value is -4.23. The largest absolute Gasteiger partial charge is 0.464 e. The molecule has 41 heavy (non-hydrogen) atoms. The van der Waals surface area contributed by atoms with E-state index in [1.54, 1.807) is 12.1 Å². The zero-order valence-electron chi connectivity index (χ0n) is 23.0. The summed E-state index contributed by atoms with van der Waals surface area (Å²) >= 11 is 6.44. The number of aliphatic hydroxyl groups excluding tert-OH is 1. The molecule has 0 spiro atoms. The lowest BCUT2D eigenvalue weighted by atomic mass is 9.85. The summed E-state index contributed by atoms with van der Waals surface area (Å²) in [4.78, 5) is 52.7. The van der Waals surface area contributed by atoms with E-state index in [0.29, 0.717) is 22.0 Å². The van der Waals surface area contributed by atoms with Gasteiger partial charge in [0.2, 0.25) is 0 Å². The van der Waals surface area contributed by atoms with Crippen LogP contribution >= 0.6 is 11.6 Å². The van der Waals surface area contributed by atoms with E-state index in [2.05, 4.69) is 21.1 Å². The minimum Gasteiger partial charge on any atom is -0.464 e. The van der Waals surface area contributed by atoms with E-state index < -0.39 is 22.6 Å². The number of amides is 1. The fourth-order valence-corrected chi connectivity index (χ4v) is 5.09. The average molecular weight is 584 g/mol. The van der Waals surface area contributed by atoms with Gasteiger partial charge in [-0.3, -0.25) is 14.4 Å². The monoisotopic (exact) mass is 583 g/mol. The van der Waals surface area contributed by atoms with Crippen LogP contribution in [0.5, 0.6) is 0 Å². The van der Waals surface area contributed by atoms with Gasteiger partial charge in [0.25, 0.3) is 16.8 Å². The van der Waals surface area contributed by atoms with E-state index in [1.165, 1.54) is 4.90 Å². The second-order valence-corrected chi connectivity index (χ2v) is 11.4. The van der Waals surface area contributed by atoms with Gasteiger partial charge in [-0.15, -0.1) is 0 Å². The summed E-state index contributed by atoms with van der Waals surface area (Å²) in [6.45, 7) is 7.96. The average Bonchev–Trinajstić information content (AvgIpc) is 3.60. The molecule has 5 rings (SSSR count). The molecular weight excluding hydrogens is 554 g/mol. The Bertz CT molecular complexity index is 1750. The maximum absolute atomic E-state index is 13.5. The maximum Gasteiger partial charge on any atom is 0.363 e. The molecule has 13 nitrogen and oxygen atoms in total. The van der Waals surface area contributed by atoms with Crippen LogP contribution < -0.4 is 27.2 Å². The van der Waals surface area contributed by atoms with Crippen molar-refractivity contribution in [1.29, 1.82) is 0 Å². The Morgan fingerprint density at radius 1 is 1.00 bits per heavy atom. The number of anilines is 3. The van der Waals surface area contributed by atoms with Gasteiger partial charge in [-0.2, -0.15) is 9.36 Å². The molecule has 0 bridgehead atoms. The van der Waals surface area contributed by atoms with Gasteiger partial charge in [-0.25, -0.2) is 4.79 Å². The number of carbonyl (C=O) groups excluding carboxylic acids is 1. The highest BCUT2D eigenvalue weighted by Gasteiger charge is 2.35. The number of benzene rings is 1. The molecule has 4 aromatic rings. The number of nitrogens with one attached hydrogen (secondary N) is 2. The van der Waals surface area contributed by atoms with Gasteiger partial charge in [0, 0.05) is 23.7 Å². The Morgan fingerprint density at radius 2 is 1.68 bits per heavy atom. The third kappa shape index (κ3) is 5.18. The Labute approximate surface area is 239 Å². The van der Waals surface area contributed by atoms with Crippen molar-refractivity contribution in [1.82, 2.24) is 24.7 Å². The summed E-state index contributed by atoms with van der Waals surface area (Å²) in [6.07, 6.45) is 0. The Balaban J connectivity index is 1.39. The van der Waals surface area contributed by atoms with Crippen LogP contribution in [0.2, 0.25) is 5.02 Å². The number of aliphatic hydroxyl groups is 1. The molecule has 3 heterocycles. The zero-order chi connectivity index (χ0) is 29.6. The van der Waals surface area contributed by atoms with Crippen molar-refractivity contribution >= 4 is 34.6 Å². The van der Waals surface area contributed by atoms with E-state index in [-0.39, 0.29) is 61.0 Å². The quantitative estimate of drug-likeness (QED) is 0.236. The Morgan fingerprint density at radius 3 is 2.32 bits per heavy atom. The van der Waals surface area contributed by atoms with Crippen molar-refractivity contribution in [3.8, 4) is 0 Å². The molecule has 2 aromatic heterocycles.